The Morgan fingerprint density at radius 3 is 2.86 bits per heavy atom. The number of para-hydroxylation sites is 1. The molecule has 0 fully saturated rings. The topological polar surface area (TPSA) is 71.0 Å². The van der Waals surface area contributed by atoms with E-state index < -0.39 is 0 Å². The smallest absolute Gasteiger partial charge is 0.292 e. The zero-order chi connectivity index (χ0) is 14.8. The number of nitro groups is 1. The standard InChI is InChI=1S/C16H15N3O2/c1-11-6-7-16(19(20)21)15(8-11)18-10-12-9-17-14-5-3-2-4-13(12)14/h2-9,17-18H,10H2,1H3. The summed E-state index contributed by atoms with van der Waals surface area (Å²) in [5.74, 6) is 0. The van der Waals surface area contributed by atoms with E-state index in [2.05, 4.69) is 10.3 Å². The van der Waals surface area contributed by atoms with Crippen molar-refractivity contribution in [3.05, 3.63) is 69.9 Å². The van der Waals surface area contributed by atoms with Crippen LogP contribution in [0.1, 0.15) is 11.1 Å². The Bertz CT molecular complexity index is 808. The monoisotopic (exact) mass is 281 g/mol. The summed E-state index contributed by atoms with van der Waals surface area (Å²) in [6.45, 7) is 2.45. The van der Waals surface area contributed by atoms with Crippen molar-refractivity contribution in [2.24, 2.45) is 0 Å². The van der Waals surface area contributed by atoms with Gasteiger partial charge in [0.05, 0.1) is 4.92 Å². The molecule has 0 spiro atoms. The summed E-state index contributed by atoms with van der Waals surface area (Å²) in [6, 6.07) is 13.1. The van der Waals surface area contributed by atoms with Gasteiger partial charge in [-0.25, -0.2) is 0 Å². The number of hydrogen-bond acceptors (Lipinski definition) is 3. The molecule has 3 rings (SSSR count). The quantitative estimate of drug-likeness (QED) is 0.561. The van der Waals surface area contributed by atoms with Gasteiger partial charge in [-0.2, -0.15) is 0 Å². The van der Waals surface area contributed by atoms with E-state index >= 15 is 0 Å². The molecule has 2 aromatic carbocycles. The molecule has 0 saturated carbocycles. The first-order chi connectivity index (χ1) is 10.1. The summed E-state index contributed by atoms with van der Waals surface area (Å²) in [5.41, 5.74) is 3.78. The number of hydrogen-bond donors (Lipinski definition) is 2. The molecule has 5 nitrogen and oxygen atoms in total. The van der Waals surface area contributed by atoms with Gasteiger partial charge >= 0.3 is 0 Å². The van der Waals surface area contributed by atoms with Crippen LogP contribution in [0, 0.1) is 17.0 Å². The summed E-state index contributed by atoms with van der Waals surface area (Å²) in [6.07, 6.45) is 1.93. The van der Waals surface area contributed by atoms with Gasteiger partial charge in [0, 0.05) is 29.7 Å². The van der Waals surface area contributed by atoms with Gasteiger partial charge in [0.15, 0.2) is 0 Å². The molecule has 0 radical (unpaired) electrons. The van der Waals surface area contributed by atoms with Crippen LogP contribution < -0.4 is 5.32 Å². The average Bonchev–Trinajstić information content (AvgIpc) is 2.88. The second-order valence-electron chi connectivity index (χ2n) is 4.99. The fraction of sp³-hybridized carbons (Fsp3) is 0.125. The van der Waals surface area contributed by atoms with Crippen molar-refractivity contribution in [2.45, 2.75) is 13.5 Å². The Kier molecular flexibility index (Phi) is 3.31. The van der Waals surface area contributed by atoms with E-state index in [1.165, 1.54) is 6.07 Å². The molecule has 5 heteroatoms. The van der Waals surface area contributed by atoms with Gasteiger partial charge in [-0.05, 0) is 30.2 Å². The highest BCUT2D eigenvalue weighted by Gasteiger charge is 2.13. The highest BCUT2D eigenvalue weighted by molar-refractivity contribution is 5.83. The van der Waals surface area contributed by atoms with Gasteiger partial charge in [0.1, 0.15) is 5.69 Å². The van der Waals surface area contributed by atoms with Crippen LogP contribution in [0.3, 0.4) is 0 Å². The first kappa shape index (κ1) is 13.2. The number of anilines is 1. The molecule has 0 aliphatic carbocycles. The van der Waals surface area contributed by atoms with Crippen molar-refractivity contribution in [2.75, 3.05) is 5.32 Å². The third-order valence-electron chi connectivity index (χ3n) is 3.49. The van der Waals surface area contributed by atoms with Gasteiger partial charge in [-0.3, -0.25) is 10.1 Å². The largest absolute Gasteiger partial charge is 0.375 e. The second-order valence-corrected chi connectivity index (χ2v) is 4.99. The number of nitrogens with one attached hydrogen (secondary N) is 2. The third-order valence-corrected chi connectivity index (χ3v) is 3.49. The van der Waals surface area contributed by atoms with Crippen LogP contribution in [-0.2, 0) is 6.54 Å². The fourth-order valence-electron chi connectivity index (χ4n) is 2.42. The van der Waals surface area contributed by atoms with Crippen LogP contribution in [0.25, 0.3) is 10.9 Å². The molecule has 0 unspecified atom stereocenters. The van der Waals surface area contributed by atoms with Gasteiger partial charge in [-0.1, -0.05) is 24.3 Å². The maximum Gasteiger partial charge on any atom is 0.292 e. The number of H-pyrrole nitrogens is 1. The lowest BCUT2D eigenvalue weighted by molar-refractivity contribution is -0.384. The van der Waals surface area contributed by atoms with E-state index in [0.29, 0.717) is 12.2 Å². The third kappa shape index (κ3) is 2.58. The number of nitrogens with zero attached hydrogens (tertiary/aromatic N) is 1. The van der Waals surface area contributed by atoms with Crippen molar-refractivity contribution in [1.29, 1.82) is 0 Å². The Balaban J connectivity index is 1.88. The van der Waals surface area contributed by atoms with Crippen LogP contribution in [0.15, 0.2) is 48.7 Å². The number of aryl methyl sites for hydroxylation is 1. The molecule has 106 valence electrons. The molecule has 0 aliphatic rings. The Morgan fingerprint density at radius 1 is 1.24 bits per heavy atom. The van der Waals surface area contributed by atoms with E-state index in [4.69, 9.17) is 0 Å². The predicted molar refractivity (Wildman–Crippen MR) is 83.5 cm³/mol. The number of benzene rings is 2. The van der Waals surface area contributed by atoms with Crippen LogP contribution in [0.5, 0.6) is 0 Å². The van der Waals surface area contributed by atoms with Crippen molar-refractivity contribution >= 4 is 22.3 Å². The number of fused-ring (bicyclic) bond motifs is 1. The van der Waals surface area contributed by atoms with Crippen molar-refractivity contribution in [3.63, 3.8) is 0 Å². The molecule has 2 N–H and O–H groups in total. The van der Waals surface area contributed by atoms with E-state index in [0.717, 1.165) is 22.0 Å². The van der Waals surface area contributed by atoms with Gasteiger partial charge in [-0.15, -0.1) is 0 Å². The molecule has 0 amide bonds. The number of aromatic nitrogens is 1. The van der Waals surface area contributed by atoms with Crippen LogP contribution in [-0.4, -0.2) is 9.91 Å². The van der Waals surface area contributed by atoms with E-state index in [1.54, 1.807) is 12.1 Å². The molecule has 0 bridgehead atoms. The minimum Gasteiger partial charge on any atom is -0.375 e. The Labute approximate surface area is 121 Å². The summed E-state index contributed by atoms with van der Waals surface area (Å²) in [5, 5.41) is 15.4. The van der Waals surface area contributed by atoms with Gasteiger partial charge < -0.3 is 10.3 Å². The molecule has 0 atom stereocenters. The molecule has 0 aliphatic heterocycles. The SMILES string of the molecule is Cc1ccc([N+](=O)[O-])c(NCc2c[nH]c3ccccc23)c1. The summed E-state index contributed by atoms with van der Waals surface area (Å²) in [7, 11) is 0. The molecule has 0 saturated heterocycles. The number of rotatable bonds is 4. The van der Waals surface area contributed by atoms with Crippen molar-refractivity contribution < 1.29 is 4.92 Å². The molecular weight excluding hydrogens is 266 g/mol. The predicted octanol–water partition coefficient (Wildman–Crippen LogP) is 4.00. The first-order valence-corrected chi connectivity index (χ1v) is 6.69. The van der Waals surface area contributed by atoms with Crippen LogP contribution in [0.4, 0.5) is 11.4 Å². The Hall–Kier alpha value is -2.82. The van der Waals surface area contributed by atoms with Gasteiger partial charge in [0.2, 0.25) is 0 Å². The summed E-state index contributed by atoms with van der Waals surface area (Å²) >= 11 is 0. The molecule has 1 aromatic heterocycles. The Morgan fingerprint density at radius 2 is 2.05 bits per heavy atom. The van der Waals surface area contributed by atoms with E-state index in [1.807, 2.05) is 37.4 Å². The average molecular weight is 281 g/mol. The maximum absolute atomic E-state index is 11.1. The highest BCUT2D eigenvalue weighted by atomic mass is 16.6. The van der Waals surface area contributed by atoms with Crippen LogP contribution in [0.2, 0.25) is 0 Å². The fourth-order valence-corrected chi connectivity index (χ4v) is 2.42. The zero-order valence-corrected chi connectivity index (χ0v) is 11.6. The number of aromatic amines is 1. The zero-order valence-electron chi connectivity index (χ0n) is 11.6. The van der Waals surface area contributed by atoms with Crippen LogP contribution >= 0.6 is 0 Å². The highest BCUT2D eigenvalue weighted by Crippen LogP contribution is 2.26. The lowest BCUT2D eigenvalue weighted by Gasteiger charge is -2.07. The second kappa shape index (κ2) is 5.28. The normalized spacial score (nSPS) is 10.7. The van der Waals surface area contributed by atoms with Crippen molar-refractivity contribution in [3.8, 4) is 0 Å². The van der Waals surface area contributed by atoms with Gasteiger partial charge in [0.25, 0.3) is 5.69 Å². The minimum atomic E-state index is -0.364. The number of nitro benzene ring substituents is 1. The minimum absolute atomic E-state index is 0.0976. The lowest BCUT2D eigenvalue weighted by Crippen LogP contribution is -2.02. The maximum atomic E-state index is 11.1. The van der Waals surface area contributed by atoms with Crippen molar-refractivity contribution in [1.82, 2.24) is 4.98 Å². The summed E-state index contributed by atoms with van der Waals surface area (Å²) < 4.78 is 0. The molecule has 3 aromatic rings. The van der Waals surface area contributed by atoms with E-state index in [9.17, 15) is 10.1 Å². The molecular formula is C16H15N3O2. The molecule has 1 heterocycles. The molecule has 21 heavy (non-hydrogen) atoms. The summed E-state index contributed by atoms with van der Waals surface area (Å²) in [4.78, 5) is 13.9. The lowest BCUT2D eigenvalue weighted by atomic mass is 10.1. The van der Waals surface area contributed by atoms with E-state index in [-0.39, 0.29) is 10.6 Å². The first-order valence-electron chi connectivity index (χ1n) is 6.69.